The Morgan fingerprint density at radius 2 is 1.82 bits per heavy atom. The molecule has 2 aromatic heterocycles. The van der Waals surface area contributed by atoms with Crippen molar-refractivity contribution in [3.05, 3.63) is 89.1 Å². The molecule has 0 unspecified atom stereocenters. The van der Waals surface area contributed by atoms with Gasteiger partial charge < -0.3 is 10.6 Å². The molecule has 2 aromatic carbocycles. The van der Waals surface area contributed by atoms with E-state index < -0.39 is 0 Å². The number of amides is 1. The van der Waals surface area contributed by atoms with Crippen molar-refractivity contribution in [1.29, 1.82) is 0 Å². The standard InChI is InChI=1S/C22H16N4OS/c27-21(19-13-28-22(25-19)26-20-7-3-4-10-23-20)24-16-8-9-18-15(12-16)11-14-5-1-2-6-17(14)18/h1-10,12-13H,11H2,(H,24,27)(H,23,25,26). The average Bonchev–Trinajstić information content (AvgIpc) is 3.33. The molecule has 0 saturated carbocycles. The molecular weight excluding hydrogens is 368 g/mol. The SMILES string of the molecule is O=C(Nc1ccc2c(c1)Cc1ccccc1-2)c1csc(Nc2ccccn2)n1. The van der Waals surface area contributed by atoms with Crippen LogP contribution < -0.4 is 10.6 Å². The molecule has 6 heteroatoms. The number of aromatic nitrogens is 2. The zero-order chi connectivity index (χ0) is 18.9. The lowest BCUT2D eigenvalue weighted by atomic mass is 10.1. The monoisotopic (exact) mass is 384 g/mol. The van der Waals surface area contributed by atoms with Gasteiger partial charge in [-0.25, -0.2) is 9.97 Å². The van der Waals surface area contributed by atoms with Crippen LogP contribution in [0.4, 0.5) is 16.6 Å². The normalized spacial score (nSPS) is 11.6. The van der Waals surface area contributed by atoms with Crippen LogP contribution in [0.25, 0.3) is 11.1 Å². The van der Waals surface area contributed by atoms with Crippen LogP contribution in [0.1, 0.15) is 21.6 Å². The highest BCUT2D eigenvalue weighted by Gasteiger charge is 2.19. The number of benzene rings is 2. The number of carbonyl (C=O) groups excluding carboxylic acids is 1. The Balaban J connectivity index is 1.31. The Hall–Kier alpha value is -3.51. The highest BCUT2D eigenvalue weighted by atomic mass is 32.1. The van der Waals surface area contributed by atoms with Gasteiger partial charge in [-0.1, -0.05) is 36.4 Å². The van der Waals surface area contributed by atoms with Crippen LogP contribution in [0.5, 0.6) is 0 Å². The molecule has 0 saturated heterocycles. The number of carbonyl (C=O) groups is 1. The van der Waals surface area contributed by atoms with E-state index in [0.717, 1.165) is 12.1 Å². The van der Waals surface area contributed by atoms with E-state index >= 15 is 0 Å². The largest absolute Gasteiger partial charge is 0.321 e. The Labute approximate surface area is 166 Å². The molecule has 0 radical (unpaired) electrons. The van der Waals surface area contributed by atoms with Gasteiger partial charge in [-0.3, -0.25) is 4.79 Å². The fourth-order valence-corrected chi connectivity index (χ4v) is 4.10. The second-order valence-corrected chi connectivity index (χ2v) is 7.40. The number of rotatable bonds is 4. The Kier molecular flexibility index (Phi) is 4.10. The second-order valence-electron chi connectivity index (χ2n) is 6.54. The molecule has 2 heterocycles. The van der Waals surface area contributed by atoms with Crippen molar-refractivity contribution in [3.8, 4) is 11.1 Å². The van der Waals surface area contributed by atoms with Crippen molar-refractivity contribution in [2.24, 2.45) is 0 Å². The van der Waals surface area contributed by atoms with Crippen LogP contribution in [0.2, 0.25) is 0 Å². The molecule has 5 rings (SSSR count). The topological polar surface area (TPSA) is 66.9 Å². The first-order valence-corrected chi connectivity index (χ1v) is 9.80. The third-order valence-corrected chi connectivity index (χ3v) is 5.45. The van der Waals surface area contributed by atoms with Gasteiger partial charge in [-0.15, -0.1) is 11.3 Å². The summed E-state index contributed by atoms with van der Waals surface area (Å²) in [6.45, 7) is 0. The first-order valence-electron chi connectivity index (χ1n) is 8.92. The van der Waals surface area contributed by atoms with Crippen LogP contribution in [0, 0.1) is 0 Å². The van der Waals surface area contributed by atoms with Gasteiger partial charge in [0.1, 0.15) is 11.5 Å². The molecule has 136 valence electrons. The smallest absolute Gasteiger partial charge is 0.275 e. The van der Waals surface area contributed by atoms with Gasteiger partial charge >= 0.3 is 0 Å². The van der Waals surface area contributed by atoms with Gasteiger partial charge in [0.25, 0.3) is 5.91 Å². The van der Waals surface area contributed by atoms with Gasteiger partial charge in [0.15, 0.2) is 5.13 Å². The van der Waals surface area contributed by atoms with Crippen molar-refractivity contribution in [2.45, 2.75) is 6.42 Å². The number of fused-ring (bicyclic) bond motifs is 3. The van der Waals surface area contributed by atoms with Crippen LogP contribution in [-0.4, -0.2) is 15.9 Å². The van der Waals surface area contributed by atoms with Gasteiger partial charge in [-0.2, -0.15) is 0 Å². The lowest BCUT2D eigenvalue weighted by Crippen LogP contribution is -2.12. The van der Waals surface area contributed by atoms with Crippen LogP contribution in [-0.2, 0) is 6.42 Å². The van der Waals surface area contributed by atoms with Crippen LogP contribution >= 0.6 is 11.3 Å². The van der Waals surface area contributed by atoms with E-state index in [0.29, 0.717) is 16.6 Å². The lowest BCUT2D eigenvalue weighted by molar-refractivity contribution is 0.102. The molecule has 4 aromatic rings. The van der Waals surface area contributed by atoms with E-state index in [4.69, 9.17) is 0 Å². The highest BCUT2D eigenvalue weighted by Crippen LogP contribution is 2.37. The number of thiazole rings is 1. The zero-order valence-corrected chi connectivity index (χ0v) is 15.7. The van der Waals surface area contributed by atoms with Crippen molar-refractivity contribution in [2.75, 3.05) is 10.6 Å². The van der Waals surface area contributed by atoms with E-state index in [1.807, 2.05) is 30.3 Å². The summed E-state index contributed by atoms with van der Waals surface area (Å²) < 4.78 is 0. The molecule has 0 spiro atoms. The van der Waals surface area contributed by atoms with Crippen molar-refractivity contribution in [1.82, 2.24) is 9.97 Å². The van der Waals surface area contributed by atoms with Gasteiger partial charge in [0.2, 0.25) is 0 Å². The Morgan fingerprint density at radius 1 is 0.964 bits per heavy atom. The second kappa shape index (κ2) is 6.90. The lowest BCUT2D eigenvalue weighted by Gasteiger charge is -2.06. The Bertz CT molecular complexity index is 1170. The third kappa shape index (κ3) is 3.14. The van der Waals surface area contributed by atoms with E-state index in [2.05, 4.69) is 50.9 Å². The van der Waals surface area contributed by atoms with E-state index in [-0.39, 0.29) is 5.91 Å². The maximum atomic E-state index is 12.6. The first kappa shape index (κ1) is 16.6. The van der Waals surface area contributed by atoms with Gasteiger partial charge in [0, 0.05) is 17.3 Å². The van der Waals surface area contributed by atoms with Crippen molar-refractivity contribution < 1.29 is 4.79 Å². The van der Waals surface area contributed by atoms with Crippen LogP contribution in [0.15, 0.2) is 72.2 Å². The van der Waals surface area contributed by atoms with E-state index in [1.165, 1.54) is 33.6 Å². The summed E-state index contributed by atoms with van der Waals surface area (Å²) in [6.07, 6.45) is 2.60. The molecule has 0 aliphatic heterocycles. The molecular formula is C22H16N4OS. The minimum Gasteiger partial charge on any atom is -0.321 e. The number of nitrogens with zero attached hydrogens (tertiary/aromatic N) is 2. The van der Waals surface area contributed by atoms with Crippen LogP contribution in [0.3, 0.4) is 0 Å². The number of hydrogen-bond acceptors (Lipinski definition) is 5. The predicted molar refractivity (Wildman–Crippen MR) is 112 cm³/mol. The fraction of sp³-hybridized carbons (Fsp3) is 0.0455. The molecule has 0 bridgehead atoms. The number of anilines is 3. The molecule has 0 fully saturated rings. The summed E-state index contributed by atoms with van der Waals surface area (Å²) in [4.78, 5) is 21.2. The highest BCUT2D eigenvalue weighted by molar-refractivity contribution is 7.14. The summed E-state index contributed by atoms with van der Waals surface area (Å²) >= 11 is 1.37. The number of nitrogens with one attached hydrogen (secondary N) is 2. The summed E-state index contributed by atoms with van der Waals surface area (Å²) in [5.41, 5.74) is 6.24. The summed E-state index contributed by atoms with van der Waals surface area (Å²) in [6, 6.07) is 20.1. The third-order valence-electron chi connectivity index (χ3n) is 4.69. The number of hydrogen-bond donors (Lipinski definition) is 2. The predicted octanol–water partition coefficient (Wildman–Crippen LogP) is 5.11. The summed E-state index contributed by atoms with van der Waals surface area (Å²) in [5.74, 6) is 0.475. The maximum absolute atomic E-state index is 12.6. The minimum atomic E-state index is -0.221. The molecule has 28 heavy (non-hydrogen) atoms. The molecule has 2 N–H and O–H groups in total. The molecule has 1 amide bonds. The Morgan fingerprint density at radius 3 is 2.71 bits per heavy atom. The van der Waals surface area contributed by atoms with Crippen molar-refractivity contribution in [3.63, 3.8) is 0 Å². The summed E-state index contributed by atoms with van der Waals surface area (Å²) in [5, 5.41) is 8.43. The van der Waals surface area contributed by atoms with E-state index in [9.17, 15) is 4.79 Å². The molecule has 5 nitrogen and oxygen atoms in total. The molecule has 0 atom stereocenters. The average molecular weight is 384 g/mol. The molecule has 1 aliphatic carbocycles. The van der Waals surface area contributed by atoms with Gasteiger partial charge in [-0.05, 0) is 52.9 Å². The summed E-state index contributed by atoms with van der Waals surface area (Å²) in [7, 11) is 0. The fourth-order valence-electron chi connectivity index (χ4n) is 3.40. The minimum absolute atomic E-state index is 0.221. The van der Waals surface area contributed by atoms with Crippen molar-refractivity contribution >= 4 is 33.9 Å². The number of pyridine rings is 1. The zero-order valence-electron chi connectivity index (χ0n) is 14.8. The first-order chi connectivity index (χ1) is 13.8. The van der Waals surface area contributed by atoms with Gasteiger partial charge in [0.05, 0.1) is 0 Å². The van der Waals surface area contributed by atoms with E-state index in [1.54, 1.807) is 11.6 Å². The molecule has 1 aliphatic rings. The quantitative estimate of drug-likeness (QED) is 0.452. The maximum Gasteiger partial charge on any atom is 0.275 e.